The lowest BCUT2D eigenvalue weighted by Crippen LogP contribution is -2.43. The highest BCUT2D eigenvalue weighted by atomic mass is 35.5. The van der Waals surface area contributed by atoms with Gasteiger partial charge in [0.1, 0.15) is 0 Å². The van der Waals surface area contributed by atoms with E-state index >= 15 is 0 Å². The number of nitrogens with two attached hydrogens (primary N) is 1. The molecule has 128 valence electrons. The lowest BCUT2D eigenvalue weighted by atomic mass is 9.87. The van der Waals surface area contributed by atoms with E-state index in [9.17, 15) is 4.79 Å². The molecule has 1 saturated heterocycles. The minimum absolute atomic E-state index is 0.105. The van der Waals surface area contributed by atoms with Gasteiger partial charge in [0, 0.05) is 24.2 Å². The van der Waals surface area contributed by atoms with Gasteiger partial charge in [-0.15, -0.1) is 5.06 Å². The first kappa shape index (κ1) is 18.2. The Morgan fingerprint density at radius 1 is 1.39 bits per heavy atom. The molecular weight excluding hydrogens is 312 g/mol. The van der Waals surface area contributed by atoms with Gasteiger partial charge in [-0.25, -0.2) is 4.79 Å². The summed E-state index contributed by atoms with van der Waals surface area (Å²) in [7, 11) is 0. The van der Waals surface area contributed by atoms with Gasteiger partial charge >= 0.3 is 5.97 Å². The van der Waals surface area contributed by atoms with Crippen LogP contribution in [-0.2, 0) is 16.1 Å². The van der Waals surface area contributed by atoms with Crippen molar-refractivity contribution in [2.24, 2.45) is 17.1 Å². The Morgan fingerprint density at radius 3 is 2.61 bits per heavy atom. The molecule has 0 amide bonds. The van der Waals surface area contributed by atoms with Gasteiger partial charge in [-0.1, -0.05) is 23.7 Å². The zero-order chi connectivity index (χ0) is 17.0. The molecule has 4 nitrogen and oxygen atoms in total. The van der Waals surface area contributed by atoms with Gasteiger partial charge in [0.25, 0.3) is 0 Å². The van der Waals surface area contributed by atoms with Crippen LogP contribution in [0.15, 0.2) is 24.3 Å². The quantitative estimate of drug-likeness (QED) is 0.913. The zero-order valence-electron chi connectivity index (χ0n) is 14.2. The summed E-state index contributed by atoms with van der Waals surface area (Å²) in [6.45, 7) is 7.08. The van der Waals surface area contributed by atoms with Gasteiger partial charge in [-0.2, -0.15) is 0 Å². The number of hydrogen-bond donors (Lipinski definition) is 1. The van der Waals surface area contributed by atoms with Crippen LogP contribution in [0.3, 0.4) is 0 Å². The summed E-state index contributed by atoms with van der Waals surface area (Å²) >= 11 is 6.02. The van der Waals surface area contributed by atoms with Gasteiger partial charge in [-0.3, -0.25) is 0 Å². The molecule has 0 saturated carbocycles. The summed E-state index contributed by atoms with van der Waals surface area (Å²) in [6.07, 6.45) is 2.71. The van der Waals surface area contributed by atoms with Crippen LogP contribution in [0.5, 0.6) is 0 Å². The summed E-state index contributed by atoms with van der Waals surface area (Å²) < 4.78 is 0. The van der Waals surface area contributed by atoms with E-state index in [1.165, 1.54) is 5.56 Å². The normalized spacial score (nSPS) is 18.7. The summed E-state index contributed by atoms with van der Waals surface area (Å²) in [5, 5.41) is 2.52. The average Bonchev–Trinajstić information content (AvgIpc) is 2.47. The molecule has 0 aliphatic carbocycles. The Morgan fingerprint density at radius 2 is 2.04 bits per heavy atom. The summed E-state index contributed by atoms with van der Waals surface area (Å²) in [5.74, 6) is 0.262. The van der Waals surface area contributed by atoms with E-state index < -0.39 is 5.41 Å². The van der Waals surface area contributed by atoms with Crippen molar-refractivity contribution >= 4 is 17.6 Å². The highest BCUT2D eigenvalue weighted by Gasteiger charge is 2.30. The second-order valence-corrected chi connectivity index (χ2v) is 7.83. The van der Waals surface area contributed by atoms with Crippen LogP contribution in [0.25, 0.3) is 0 Å². The molecule has 1 aromatic rings. The van der Waals surface area contributed by atoms with E-state index in [4.69, 9.17) is 22.2 Å². The van der Waals surface area contributed by atoms with Gasteiger partial charge in [0.2, 0.25) is 0 Å². The van der Waals surface area contributed by atoms with Crippen molar-refractivity contribution in [3.8, 4) is 0 Å². The summed E-state index contributed by atoms with van der Waals surface area (Å²) in [4.78, 5) is 17.4. The second-order valence-electron chi connectivity index (χ2n) is 7.39. The number of benzene rings is 1. The first-order valence-electron chi connectivity index (χ1n) is 8.23. The smallest absolute Gasteiger partial charge is 0.330 e. The Bertz CT molecular complexity index is 534. The third kappa shape index (κ3) is 5.48. The molecule has 0 spiro atoms. The van der Waals surface area contributed by atoms with Gasteiger partial charge in [0.05, 0.1) is 5.41 Å². The second kappa shape index (κ2) is 7.65. The molecule has 0 radical (unpaired) electrons. The number of hydrogen-bond acceptors (Lipinski definition) is 4. The van der Waals surface area contributed by atoms with Gasteiger partial charge in [-0.05, 0) is 63.6 Å². The topological polar surface area (TPSA) is 55.6 Å². The van der Waals surface area contributed by atoms with E-state index in [0.29, 0.717) is 5.92 Å². The number of nitrogens with zero attached hydrogens (tertiary/aromatic N) is 1. The minimum Gasteiger partial charge on any atom is -0.367 e. The third-order valence-corrected chi connectivity index (χ3v) is 4.52. The Kier molecular flexibility index (Phi) is 6.06. The molecule has 1 fully saturated rings. The number of halogens is 1. The van der Waals surface area contributed by atoms with Crippen molar-refractivity contribution in [2.45, 2.75) is 46.1 Å². The average molecular weight is 339 g/mol. The van der Waals surface area contributed by atoms with Crippen molar-refractivity contribution < 1.29 is 9.63 Å². The third-order valence-electron chi connectivity index (χ3n) is 4.29. The minimum atomic E-state index is -0.472. The first-order chi connectivity index (χ1) is 10.8. The van der Waals surface area contributed by atoms with Gasteiger partial charge < -0.3 is 10.6 Å². The molecule has 1 heterocycles. The predicted octanol–water partition coefficient (Wildman–Crippen LogP) is 3.43. The molecule has 23 heavy (non-hydrogen) atoms. The number of rotatable bonds is 4. The monoisotopic (exact) mass is 338 g/mol. The van der Waals surface area contributed by atoms with E-state index in [2.05, 4.69) is 6.07 Å². The van der Waals surface area contributed by atoms with E-state index in [1.807, 2.05) is 39.0 Å². The molecule has 0 bridgehead atoms. The van der Waals surface area contributed by atoms with Crippen LogP contribution in [0, 0.1) is 11.3 Å². The van der Waals surface area contributed by atoms with Gasteiger partial charge in [0.15, 0.2) is 0 Å². The number of carbonyl (C=O) groups is 1. The van der Waals surface area contributed by atoms with E-state index in [0.717, 1.165) is 37.4 Å². The van der Waals surface area contributed by atoms with Crippen LogP contribution >= 0.6 is 11.6 Å². The van der Waals surface area contributed by atoms with Crippen molar-refractivity contribution in [2.75, 3.05) is 13.1 Å². The van der Waals surface area contributed by atoms with Crippen molar-refractivity contribution in [1.82, 2.24) is 5.06 Å². The first-order valence-corrected chi connectivity index (χ1v) is 8.61. The molecule has 1 unspecified atom stereocenters. The fourth-order valence-electron chi connectivity index (χ4n) is 2.75. The van der Waals surface area contributed by atoms with E-state index in [-0.39, 0.29) is 12.0 Å². The maximum Gasteiger partial charge on any atom is 0.330 e. The van der Waals surface area contributed by atoms with Crippen LogP contribution in [-0.4, -0.2) is 30.2 Å². The fourth-order valence-corrected chi connectivity index (χ4v) is 2.97. The molecular formula is C18H27ClN2O2. The highest BCUT2D eigenvalue weighted by Crippen LogP contribution is 2.24. The number of piperidine rings is 1. The standard InChI is InChI=1S/C18H27ClN2O2/c1-18(2,3)17(22)23-21-9-7-14(8-10-21)16(20)12-13-5-4-6-15(19)11-13/h4-6,11,14,16H,7-10,12,20H2,1-3H3. The van der Waals surface area contributed by atoms with Crippen molar-refractivity contribution in [3.63, 3.8) is 0 Å². The Hall–Kier alpha value is -1.10. The largest absolute Gasteiger partial charge is 0.367 e. The lowest BCUT2D eigenvalue weighted by molar-refractivity contribution is -0.206. The number of carbonyl (C=O) groups excluding carboxylic acids is 1. The van der Waals surface area contributed by atoms with Crippen LogP contribution < -0.4 is 5.73 Å². The predicted molar refractivity (Wildman–Crippen MR) is 93.0 cm³/mol. The Balaban J connectivity index is 1.81. The van der Waals surface area contributed by atoms with Crippen LogP contribution in [0.2, 0.25) is 5.02 Å². The zero-order valence-corrected chi connectivity index (χ0v) is 15.0. The van der Waals surface area contributed by atoms with Crippen LogP contribution in [0.1, 0.15) is 39.2 Å². The SMILES string of the molecule is CC(C)(C)C(=O)ON1CCC(C(N)Cc2cccc(Cl)c2)CC1. The molecule has 1 aliphatic heterocycles. The molecule has 0 aromatic heterocycles. The van der Waals surface area contributed by atoms with E-state index in [1.54, 1.807) is 5.06 Å². The number of hydroxylamine groups is 2. The van der Waals surface area contributed by atoms with Crippen LogP contribution in [0.4, 0.5) is 0 Å². The molecule has 2 N–H and O–H groups in total. The van der Waals surface area contributed by atoms with Crippen molar-refractivity contribution in [3.05, 3.63) is 34.9 Å². The van der Waals surface area contributed by atoms with Crippen molar-refractivity contribution in [1.29, 1.82) is 0 Å². The fraction of sp³-hybridized carbons (Fsp3) is 0.611. The summed E-state index contributed by atoms with van der Waals surface area (Å²) in [6, 6.07) is 7.97. The Labute approximate surface area is 143 Å². The molecule has 5 heteroatoms. The molecule has 1 aliphatic rings. The molecule has 2 rings (SSSR count). The lowest BCUT2D eigenvalue weighted by Gasteiger charge is -2.34. The molecule has 1 atom stereocenters. The highest BCUT2D eigenvalue weighted by molar-refractivity contribution is 6.30. The maximum atomic E-state index is 11.9. The maximum absolute atomic E-state index is 11.9. The summed E-state index contributed by atoms with van der Waals surface area (Å²) in [5.41, 5.74) is 7.08. The molecule has 1 aromatic carbocycles.